The lowest BCUT2D eigenvalue weighted by atomic mass is 10.1. The third-order valence-corrected chi connectivity index (χ3v) is 3.88. The minimum atomic E-state index is -2.71. The Bertz CT molecular complexity index is 867. The van der Waals surface area contributed by atoms with Gasteiger partial charge in [-0.2, -0.15) is 0 Å². The number of alkyl halides is 2. The molecule has 0 atom stereocenters. The average Bonchev–Trinajstić information content (AvgIpc) is 2.65. The Morgan fingerprint density at radius 1 is 0.962 bits per heavy atom. The number of hydrogen-bond acceptors (Lipinski definition) is 4. The Balaban J connectivity index is 1.75. The largest absolute Gasteiger partial charge is 0.374 e. The number of fused-ring (bicyclic) bond motifs is 1. The molecule has 4 nitrogen and oxygen atoms in total. The van der Waals surface area contributed by atoms with E-state index in [2.05, 4.69) is 15.3 Å². The summed E-state index contributed by atoms with van der Waals surface area (Å²) in [5, 5.41) is 3.87. The van der Waals surface area contributed by atoms with Crippen molar-refractivity contribution in [2.45, 2.75) is 39.5 Å². The Labute approximate surface area is 151 Å². The SMILES string of the molecule is CC(C)OCc1ccc(CNc2nc(C(F)F)nc3ccccc23)cc1. The lowest BCUT2D eigenvalue weighted by Crippen LogP contribution is -2.06. The molecule has 0 aliphatic rings. The summed E-state index contributed by atoms with van der Waals surface area (Å²) < 4.78 is 31.7. The summed E-state index contributed by atoms with van der Waals surface area (Å²) >= 11 is 0. The summed E-state index contributed by atoms with van der Waals surface area (Å²) in [5.74, 6) is -0.0505. The first-order valence-corrected chi connectivity index (χ1v) is 8.51. The van der Waals surface area contributed by atoms with Gasteiger partial charge in [-0.25, -0.2) is 18.7 Å². The molecule has 3 aromatic rings. The van der Waals surface area contributed by atoms with Gasteiger partial charge in [-0.15, -0.1) is 0 Å². The molecule has 0 fully saturated rings. The van der Waals surface area contributed by atoms with Crippen LogP contribution in [0.25, 0.3) is 10.9 Å². The lowest BCUT2D eigenvalue weighted by Gasteiger charge is -2.11. The van der Waals surface area contributed by atoms with Gasteiger partial charge < -0.3 is 10.1 Å². The molecule has 26 heavy (non-hydrogen) atoms. The van der Waals surface area contributed by atoms with E-state index in [1.54, 1.807) is 12.1 Å². The van der Waals surface area contributed by atoms with Crippen LogP contribution >= 0.6 is 0 Å². The van der Waals surface area contributed by atoms with E-state index in [-0.39, 0.29) is 6.10 Å². The molecule has 0 aliphatic carbocycles. The van der Waals surface area contributed by atoms with E-state index in [0.717, 1.165) is 16.5 Å². The topological polar surface area (TPSA) is 47.0 Å². The van der Waals surface area contributed by atoms with E-state index in [4.69, 9.17) is 4.74 Å². The van der Waals surface area contributed by atoms with Gasteiger partial charge in [-0.3, -0.25) is 0 Å². The van der Waals surface area contributed by atoms with Gasteiger partial charge >= 0.3 is 0 Å². The Kier molecular flexibility index (Phi) is 5.73. The van der Waals surface area contributed by atoms with Gasteiger partial charge in [-0.05, 0) is 37.1 Å². The van der Waals surface area contributed by atoms with Crippen LogP contribution in [0.1, 0.15) is 37.2 Å². The second kappa shape index (κ2) is 8.19. The molecule has 1 N–H and O–H groups in total. The van der Waals surface area contributed by atoms with Gasteiger partial charge in [0.2, 0.25) is 0 Å². The van der Waals surface area contributed by atoms with Gasteiger partial charge in [0.25, 0.3) is 6.43 Å². The average molecular weight is 357 g/mol. The molecule has 0 aliphatic heterocycles. The number of ether oxygens (including phenoxy) is 1. The number of hydrogen-bond donors (Lipinski definition) is 1. The van der Waals surface area contributed by atoms with Gasteiger partial charge in [0.1, 0.15) is 5.82 Å². The van der Waals surface area contributed by atoms with Gasteiger partial charge in [0, 0.05) is 11.9 Å². The van der Waals surface area contributed by atoms with Crippen LogP contribution < -0.4 is 5.32 Å². The van der Waals surface area contributed by atoms with Crippen LogP contribution in [0, 0.1) is 0 Å². The molecule has 0 amide bonds. The minimum absolute atomic E-state index is 0.186. The summed E-state index contributed by atoms with van der Waals surface area (Å²) in [6.07, 6.45) is -2.52. The van der Waals surface area contributed by atoms with Crippen LogP contribution in [-0.2, 0) is 17.9 Å². The summed E-state index contributed by atoms with van der Waals surface area (Å²) in [6.45, 7) is 5.05. The first-order chi connectivity index (χ1) is 12.5. The first kappa shape index (κ1) is 18.2. The molecule has 0 saturated heterocycles. The number of aromatic nitrogens is 2. The molecule has 0 spiro atoms. The van der Waals surface area contributed by atoms with E-state index in [9.17, 15) is 8.78 Å². The quantitative estimate of drug-likeness (QED) is 0.639. The molecule has 2 aromatic carbocycles. The van der Waals surface area contributed by atoms with E-state index in [1.165, 1.54) is 0 Å². The first-order valence-electron chi connectivity index (χ1n) is 8.51. The zero-order valence-electron chi connectivity index (χ0n) is 14.7. The third-order valence-electron chi connectivity index (χ3n) is 3.88. The van der Waals surface area contributed by atoms with Gasteiger partial charge in [0.15, 0.2) is 5.82 Å². The highest BCUT2D eigenvalue weighted by Gasteiger charge is 2.14. The molecule has 0 radical (unpaired) electrons. The molecular weight excluding hydrogens is 336 g/mol. The van der Waals surface area contributed by atoms with Crippen molar-refractivity contribution in [1.82, 2.24) is 9.97 Å². The monoisotopic (exact) mass is 357 g/mol. The standard InChI is InChI=1S/C20H21F2N3O/c1-13(2)26-12-15-9-7-14(8-10-15)11-23-19-16-5-3-4-6-17(16)24-20(25-19)18(21)22/h3-10,13,18H,11-12H2,1-2H3,(H,23,24,25). The van der Waals surface area contributed by atoms with Crippen LogP contribution in [0.3, 0.4) is 0 Å². The minimum Gasteiger partial charge on any atom is -0.374 e. The van der Waals surface area contributed by atoms with Crippen molar-refractivity contribution < 1.29 is 13.5 Å². The fourth-order valence-corrected chi connectivity index (χ4v) is 2.53. The summed E-state index contributed by atoms with van der Waals surface area (Å²) in [5.41, 5.74) is 2.62. The summed E-state index contributed by atoms with van der Waals surface area (Å²) in [6, 6.07) is 15.1. The van der Waals surface area contributed by atoms with Crippen LogP contribution in [-0.4, -0.2) is 16.1 Å². The van der Waals surface area contributed by atoms with Crippen LogP contribution in [0.2, 0.25) is 0 Å². The summed E-state index contributed by atoms with van der Waals surface area (Å²) in [4.78, 5) is 7.91. The third kappa shape index (κ3) is 4.52. The predicted molar refractivity (Wildman–Crippen MR) is 98.2 cm³/mol. The fraction of sp³-hybridized carbons (Fsp3) is 0.300. The second-order valence-corrected chi connectivity index (χ2v) is 6.28. The molecule has 1 heterocycles. The van der Waals surface area contributed by atoms with Crippen molar-refractivity contribution in [3.63, 3.8) is 0 Å². The predicted octanol–water partition coefficient (Wildman–Crippen LogP) is 5.10. The maximum Gasteiger partial charge on any atom is 0.297 e. The van der Waals surface area contributed by atoms with E-state index in [0.29, 0.717) is 24.5 Å². The molecular formula is C20H21F2N3O. The van der Waals surface area contributed by atoms with E-state index >= 15 is 0 Å². The van der Waals surface area contributed by atoms with Crippen molar-refractivity contribution in [3.05, 3.63) is 65.5 Å². The molecule has 6 heteroatoms. The maximum atomic E-state index is 13.0. The lowest BCUT2D eigenvalue weighted by molar-refractivity contribution is 0.0657. The molecule has 3 rings (SSSR count). The van der Waals surface area contributed by atoms with Gasteiger partial charge in [-0.1, -0.05) is 36.4 Å². The van der Waals surface area contributed by atoms with Crippen molar-refractivity contribution in [2.75, 3.05) is 5.32 Å². The number of para-hydroxylation sites is 1. The Morgan fingerprint density at radius 3 is 2.35 bits per heavy atom. The molecule has 0 bridgehead atoms. The smallest absolute Gasteiger partial charge is 0.297 e. The van der Waals surface area contributed by atoms with Crippen LogP contribution in [0.5, 0.6) is 0 Å². The van der Waals surface area contributed by atoms with Crippen molar-refractivity contribution in [1.29, 1.82) is 0 Å². The van der Waals surface area contributed by atoms with E-state index in [1.807, 2.05) is 50.2 Å². The number of anilines is 1. The van der Waals surface area contributed by atoms with Crippen molar-refractivity contribution in [2.24, 2.45) is 0 Å². The maximum absolute atomic E-state index is 13.0. The van der Waals surface area contributed by atoms with Gasteiger partial charge in [0.05, 0.1) is 18.2 Å². The highest BCUT2D eigenvalue weighted by Crippen LogP contribution is 2.24. The molecule has 1 aromatic heterocycles. The highest BCUT2D eigenvalue weighted by molar-refractivity contribution is 5.88. The second-order valence-electron chi connectivity index (χ2n) is 6.28. The van der Waals surface area contributed by atoms with Crippen LogP contribution in [0.15, 0.2) is 48.5 Å². The molecule has 0 unspecified atom stereocenters. The zero-order valence-corrected chi connectivity index (χ0v) is 14.7. The number of nitrogens with zero attached hydrogens (tertiary/aromatic N) is 2. The molecule has 0 saturated carbocycles. The van der Waals surface area contributed by atoms with Crippen molar-refractivity contribution >= 4 is 16.7 Å². The highest BCUT2D eigenvalue weighted by atomic mass is 19.3. The Hall–Kier alpha value is -2.60. The summed E-state index contributed by atoms with van der Waals surface area (Å²) in [7, 11) is 0. The normalized spacial score (nSPS) is 11.5. The number of halogens is 2. The number of nitrogens with one attached hydrogen (secondary N) is 1. The zero-order chi connectivity index (χ0) is 18.5. The fourth-order valence-electron chi connectivity index (χ4n) is 2.53. The van der Waals surface area contributed by atoms with Crippen molar-refractivity contribution in [3.8, 4) is 0 Å². The Morgan fingerprint density at radius 2 is 1.65 bits per heavy atom. The van der Waals surface area contributed by atoms with E-state index < -0.39 is 12.2 Å². The number of benzene rings is 2. The number of rotatable bonds is 7. The van der Waals surface area contributed by atoms with Crippen LogP contribution in [0.4, 0.5) is 14.6 Å². The molecule has 136 valence electrons.